The number of sulfonamides is 1. The molecule has 9 heteroatoms. The first-order valence-corrected chi connectivity index (χ1v) is 6.77. The highest BCUT2D eigenvalue weighted by atomic mass is 35.5. The lowest BCUT2D eigenvalue weighted by Gasteiger charge is -2.06. The van der Waals surface area contributed by atoms with E-state index in [1.54, 1.807) is 0 Å². The number of nitrogens with one attached hydrogen (secondary N) is 1. The molecular weight excluding hydrogens is 291 g/mol. The lowest BCUT2D eigenvalue weighted by atomic mass is 10.3. The Morgan fingerprint density at radius 3 is 2.59 bits per heavy atom. The van der Waals surface area contributed by atoms with E-state index in [9.17, 15) is 18.5 Å². The van der Waals surface area contributed by atoms with Crippen LogP contribution in [0.4, 0.5) is 5.69 Å². The lowest BCUT2D eigenvalue weighted by molar-refractivity contribution is -0.385. The van der Waals surface area contributed by atoms with Gasteiger partial charge in [0.2, 0.25) is 10.0 Å². The molecule has 0 aliphatic heterocycles. The van der Waals surface area contributed by atoms with Gasteiger partial charge in [0.25, 0.3) is 5.69 Å². The van der Waals surface area contributed by atoms with Crippen molar-refractivity contribution < 1.29 is 13.3 Å². The van der Waals surface area contributed by atoms with Crippen molar-refractivity contribution in [3.05, 3.63) is 33.3 Å². The summed E-state index contributed by atoms with van der Waals surface area (Å²) in [6.45, 7) is 0.0168. The fourth-order valence-electron chi connectivity index (χ4n) is 1.06. The number of benzene rings is 1. The molecule has 1 rings (SSSR count). The van der Waals surface area contributed by atoms with Gasteiger partial charge in [-0.05, 0) is 6.07 Å². The van der Waals surface area contributed by atoms with Gasteiger partial charge in [0.15, 0.2) is 0 Å². The Morgan fingerprint density at radius 2 is 2.06 bits per heavy atom. The lowest BCUT2D eigenvalue weighted by Crippen LogP contribution is -2.25. The molecule has 1 aromatic carbocycles. The van der Waals surface area contributed by atoms with Crippen molar-refractivity contribution in [1.82, 2.24) is 4.72 Å². The number of hydrogen-bond donors (Lipinski definition) is 1. The Morgan fingerprint density at radius 1 is 1.41 bits per heavy atom. The highest BCUT2D eigenvalue weighted by molar-refractivity contribution is 7.89. The Bertz CT molecular complexity index is 532. The predicted octanol–water partition coefficient (Wildman–Crippen LogP) is 1.77. The predicted molar refractivity (Wildman–Crippen MR) is 64.0 cm³/mol. The maximum atomic E-state index is 11.7. The number of nitro groups is 1. The molecule has 94 valence electrons. The summed E-state index contributed by atoms with van der Waals surface area (Å²) < 4.78 is 25.6. The van der Waals surface area contributed by atoms with E-state index < -0.39 is 14.9 Å². The number of rotatable bonds is 5. The first-order valence-electron chi connectivity index (χ1n) is 4.38. The molecule has 0 fully saturated rings. The average Bonchev–Trinajstić information content (AvgIpc) is 2.26. The summed E-state index contributed by atoms with van der Waals surface area (Å²) in [4.78, 5) is 9.50. The van der Waals surface area contributed by atoms with Crippen LogP contribution in [-0.2, 0) is 10.0 Å². The van der Waals surface area contributed by atoms with Crippen molar-refractivity contribution in [3.63, 3.8) is 0 Å². The number of hydrogen-bond acceptors (Lipinski definition) is 4. The maximum Gasteiger partial charge on any atom is 0.270 e. The zero-order valence-corrected chi connectivity index (χ0v) is 10.7. The molecule has 0 aliphatic rings. The first kappa shape index (κ1) is 14.2. The molecule has 0 unspecified atom stereocenters. The minimum absolute atomic E-state index is 0.0168. The van der Waals surface area contributed by atoms with Crippen molar-refractivity contribution in [3.8, 4) is 0 Å². The van der Waals surface area contributed by atoms with Gasteiger partial charge in [-0.15, -0.1) is 11.6 Å². The zero-order valence-electron chi connectivity index (χ0n) is 8.39. The van der Waals surface area contributed by atoms with Gasteiger partial charge >= 0.3 is 0 Å². The van der Waals surface area contributed by atoms with E-state index in [-0.39, 0.29) is 28.0 Å². The van der Waals surface area contributed by atoms with Crippen molar-refractivity contribution >= 4 is 38.9 Å². The van der Waals surface area contributed by atoms with Crippen LogP contribution in [0.15, 0.2) is 23.1 Å². The van der Waals surface area contributed by atoms with Crippen LogP contribution >= 0.6 is 23.2 Å². The van der Waals surface area contributed by atoms with E-state index in [0.29, 0.717) is 0 Å². The van der Waals surface area contributed by atoms with Gasteiger partial charge in [0, 0.05) is 24.6 Å². The van der Waals surface area contributed by atoms with E-state index in [0.717, 1.165) is 18.2 Å². The van der Waals surface area contributed by atoms with Gasteiger partial charge in [-0.1, -0.05) is 11.6 Å². The number of alkyl halides is 1. The van der Waals surface area contributed by atoms with Crippen molar-refractivity contribution in [2.75, 3.05) is 12.4 Å². The Balaban J connectivity index is 3.20. The van der Waals surface area contributed by atoms with Crippen LogP contribution in [0.25, 0.3) is 0 Å². The van der Waals surface area contributed by atoms with Crippen LogP contribution in [0.1, 0.15) is 0 Å². The summed E-state index contributed by atoms with van der Waals surface area (Å²) in [5.74, 6) is 0.0891. The van der Waals surface area contributed by atoms with E-state index in [4.69, 9.17) is 23.2 Å². The van der Waals surface area contributed by atoms with Crippen LogP contribution < -0.4 is 4.72 Å². The molecule has 0 spiro atoms. The standard InChI is InChI=1S/C8H8Cl2N2O4S/c9-3-4-11-17(15,16)8-5-6(12(13)14)1-2-7(8)10/h1-2,5,11H,3-4H2. The van der Waals surface area contributed by atoms with E-state index >= 15 is 0 Å². The van der Waals surface area contributed by atoms with E-state index in [1.165, 1.54) is 0 Å². The minimum atomic E-state index is -3.88. The fraction of sp³-hybridized carbons (Fsp3) is 0.250. The quantitative estimate of drug-likeness (QED) is 0.509. The van der Waals surface area contributed by atoms with Gasteiger partial charge in [0.1, 0.15) is 4.90 Å². The van der Waals surface area contributed by atoms with Crippen molar-refractivity contribution in [2.24, 2.45) is 0 Å². The summed E-state index contributed by atoms with van der Waals surface area (Å²) in [6, 6.07) is 3.19. The maximum absolute atomic E-state index is 11.7. The summed E-state index contributed by atoms with van der Waals surface area (Å²) in [6.07, 6.45) is 0. The largest absolute Gasteiger partial charge is 0.270 e. The molecular formula is C8H8Cl2N2O4S. The smallest absolute Gasteiger partial charge is 0.258 e. The second-order valence-corrected chi connectivity index (χ2v) is 5.48. The Labute approximate surface area is 108 Å². The summed E-state index contributed by atoms with van der Waals surface area (Å²) in [7, 11) is -3.88. The van der Waals surface area contributed by atoms with Gasteiger partial charge in [-0.25, -0.2) is 13.1 Å². The Kier molecular flexibility index (Phi) is 4.70. The third-order valence-electron chi connectivity index (χ3n) is 1.80. The van der Waals surface area contributed by atoms with E-state index in [2.05, 4.69) is 4.72 Å². The summed E-state index contributed by atoms with van der Waals surface area (Å²) >= 11 is 11.0. The summed E-state index contributed by atoms with van der Waals surface area (Å²) in [5.41, 5.74) is -0.347. The molecule has 0 amide bonds. The second-order valence-electron chi connectivity index (χ2n) is 2.96. The molecule has 0 aliphatic carbocycles. The molecule has 17 heavy (non-hydrogen) atoms. The van der Waals surface area contributed by atoms with Gasteiger partial charge in [-0.2, -0.15) is 0 Å². The molecule has 0 aromatic heterocycles. The molecule has 1 aromatic rings. The number of non-ortho nitro benzene ring substituents is 1. The SMILES string of the molecule is O=[N+]([O-])c1ccc(Cl)c(S(=O)(=O)NCCCl)c1. The van der Waals surface area contributed by atoms with E-state index in [1.807, 2.05) is 0 Å². The Hall–Kier alpha value is -0.890. The average molecular weight is 299 g/mol. The second kappa shape index (κ2) is 5.63. The first-order chi connectivity index (χ1) is 7.88. The van der Waals surface area contributed by atoms with Crippen molar-refractivity contribution in [1.29, 1.82) is 0 Å². The molecule has 0 atom stereocenters. The number of nitro benzene ring substituents is 1. The van der Waals surface area contributed by atoms with Crippen LogP contribution in [0.5, 0.6) is 0 Å². The molecule has 0 bridgehead atoms. The molecule has 6 nitrogen and oxygen atoms in total. The van der Waals surface area contributed by atoms with Gasteiger partial charge in [0.05, 0.1) is 9.95 Å². The number of nitrogens with zero attached hydrogens (tertiary/aromatic N) is 1. The fourth-order valence-corrected chi connectivity index (χ4v) is 2.82. The molecule has 0 radical (unpaired) electrons. The highest BCUT2D eigenvalue weighted by Crippen LogP contribution is 2.25. The third kappa shape index (κ3) is 3.53. The zero-order chi connectivity index (χ0) is 13.1. The topological polar surface area (TPSA) is 89.3 Å². The van der Waals surface area contributed by atoms with Crippen molar-refractivity contribution in [2.45, 2.75) is 4.90 Å². The van der Waals surface area contributed by atoms with Crippen LogP contribution in [0.3, 0.4) is 0 Å². The molecule has 0 heterocycles. The van der Waals surface area contributed by atoms with Crippen LogP contribution in [-0.4, -0.2) is 25.8 Å². The molecule has 0 saturated heterocycles. The normalized spacial score (nSPS) is 11.4. The molecule has 1 N–H and O–H groups in total. The monoisotopic (exact) mass is 298 g/mol. The van der Waals surface area contributed by atoms with Crippen LogP contribution in [0.2, 0.25) is 5.02 Å². The third-order valence-corrected chi connectivity index (χ3v) is 3.93. The minimum Gasteiger partial charge on any atom is -0.258 e. The molecule has 0 saturated carbocycles. The van der Waals surface area contributed by atoms with Gasteiger partial charge in [-0.3, -0.25) is 10.1 Å². The van der Waals surface area contributed by atoms with Crippen LogP contribution in [0, 0.1) is 10.1 Å². The summed E-state index contributed by atoms with van der Waals surface area (Å²) in [5, 5.41) is 10.4. The highest BCUT2D eigenvalue weighted by Gasteiger charge is 2.20. The number of halogens is 2. The van der Waals surface area contributed by atoms with Gasteiger partial charge < -0.3 is 0 Å².